The second-order valence-electron chi connectivity index (χ2n) is 11.4. The summed E-state index contributed by atoms with van der Waals surface area (Å²) >= 11 is 0. The molecule has 0 bridgehead atoms. The molecule has 0 aromatic heterocycles. The first-order chi connectivity index (χ1) is 18.9. The van der Waals surface area contributed by atoms with Crippen molar-refractivity contribution in [1.82, 2.24) is 0 Å². The predicted octanol–water partition coefficient (Wildman–Crippen LogP) is 4.27. The topological polar surface area (TPSA) is 90.4 Å². The van der Waals surface area contributed by atoms with Gasteiger partial charge in [-0.15, -0.1) is 0 Å². The Labute approximate surface area is 229 Å². The summed E-state index contributed by atoms with van der Waals surface area (Å²) in [4.78, 5) is 44.8. The molecule has 4 aliphatic rings. The van der Waals surface area contributed by atoms with Crippen molar-refractivity contribution in [2.24, 2.45) is 5.92 Å². The zero-order valence-corrected chi connectivity index (χ0v) is 22.6. The molecule has 4 heterocycles. The molecule has 2 aromatic carbocycles. The summed E-state index contributed by atoms with van der Waals surface area (Å²) in [7, 11) is 0. The van der Waals surface area contributed by atoms with E-state index < -0.39 is 5.60 Å². The summed E-state index contributed by atoms with van der Waals surface area (Å²) < 4.78 is 6.55. The molecule has 3 fully saturated rings. The molecule has 8 heteroatoms. The van der Waals surface area contributed by atoms with Gasteiger partial charge in [0.05, 0.1) is 18.3 Å². The average molecular weight is 532 g/mol. The van der Waals surface area contributed by atoms with Crippen molar-refractivity contribution < 1.29 is 24.2 Å². The molecular formula is C31H37N3O5. The molecule has 4 aliphatic heterocycles. The minimum absolute atomic E-state index is 0.00637. The zero-order valence-electron chi connectivity index (χ0n) is 22.6. The Hall–Kier alpha value is -3.23. The van der Waals surface area contributed by atoms with Gasteiger partial charge in [-0.2, -0.15) is 0 Å². The van der Waals surface area contributed by atoms with E-state index >= 15 is 0 Å². The van der Waals surface area contributed by atoms with Crippen LogP contribution in [-0.2, 0) is 31.3 Å². The number of anilines is 3. The van der Waals surface area contributed by atoms with Crippen LogP contribution < -0.4 is 14.7 Å². The fraction of sp³-hybridized carbons (Fsp3) is 0.516. The van der Waals surface area contributed by atoms with E-state index in [1.54, 1.807) is 4.90 Å². The molecule has 2 aromatic rings. The molecule has 3 saturated heterocycles. The van der Waals surface area contributed by atoms with Crippen molar-refractivity contribution in [2.45, 2.75) is 76.5 Å². The number of hydrogen-bond donors (Lipinski definition) is 1. The summed E-state index contributed by atoms with van der Waals surface area (Å²) in [5, 5.41) is 9.58. The highest BCUT2D eigenvalue weighted by molar-refractivity contribution is 6.08. The van der Waals surface area contributed by atoms with Crippen LogP contribution in [0.5, 0.6) is 0 Å². The van der Waals surface area contributed by atoms with Gasteiger partial charge in [0, 0.05) is 55.4 Å². The van der Waals surface area contributed by atoms with Gasteiger partial charge in [0.2, 0.25) is 11.8 Å². The fourth-order valence-corrected chi connectivity index (χ4v) is 6.83. The molecule has 3 amide bonds. The zero-order chi connectivity index (χ0) is 27.1. The van der Waals surface area contributed by atoms with Crippen LogP contribution >= 0.6 is 0 Å². The van der Waals surface area contributed by atoms with E-state index in [0.29, 0.717) is 38.8 Å². The van der Waals surface area contributed by atoms with Gasteiger partial charge in [-0.3, -0.25) is 14.4 Å². The van der Waals surface area contributed by atoms with Gasteiger partial charge in [0.15, 0.2) is 5.60 Å². The minimum Gasteiger partial charge on any atom is -0.396 e. The van der Waals surface area contributed by atoms with Crippen molar-refractivity contribution in [3.8, 4) is 0 Å². The summed E-state index contributed by atoms with van der Waals surface area (Å²) in [6.45, 7) is 3.85. The van der Waals surface area contributed by atoms with E-state index in [4.69, 9.17) is 4.74 Å². The van der Waals surface area contributed by atoms with Crippen LogP contribution in [0, 0.1) is 5.92 Å². The number of nitrogens with zero attached hydrogens (tertiary/aromatic N) is 3. The van der Waals surface area contributed by atoms with E-state index in [1.165, 1.54) is 0 Å². The molecule has 39 heavy (non-hydrogen) atoms. The van der Waals surface area contributed by atoms with Crippen LogP contribution in [0.1, 0.15) is 69.4 Å². The van der Waals surface area contributed by atoms with Crippen LogP contribution in [0.25, 0.3) is 0 Å². The Morgan fingerprint density at radius 1 is 0.897 bits per heavy atom. The summed E-state index contributed by atoms with van der Waals surface area (Å²) in [6.07, 6.45) is 5.91. The molecule has 0 unspecified atom stereocenters. The van der Waals surface area contributed by atoms with E-state index in [2.05, 4.69) is 0 Å². The van der Waals surface area contributed by atoms with Gasteiger partial charge in [-0.25, -0.2) is 0 Å². The van der Waals surface area contributed by atoms with Gasteiger partial charge in [-0.1, -0.05) is 19.1 Å². The maximum atomic E-state index is 14.3. The van der Waals surface area contributed by atoms with Crippen LogP contribution in [-0.4, -0.2) is 48.6 Å². The second-order valence-corrected chi connectivity index (χ2v) is 11.4. The monoisotopic (exact) mass is 531 g/mol. The molecule has 206 valence electrons. The van der Waals surface area contributed by atoms with Crippen LogP contribution in [0.2, 0.25) is 0 Å². The first-order valence-electron chi connectivity index (χ1n) is 14.4. The van der Waals surface area contributed by atoms with Crippen LogP contribution in [0.3, 0.4) is 0 Å². The van der Waals surface area contributed by atoms with E-state index in [9.17, 15) is 19.5 Å². The molecule has 1 spiro atoms. The number of piperidine rings is 2. The third kappa shape index (κ3) is 4.43. The van der Waals surface area contributed by atoms with Crippen LogP contribution in [0.4, 0.5) is 17.1 Å². The summed E-state index contributed by atoms with van der Waals surface area (Å²) in [5.41, 5.74) is 3.15. The van der Waals surface area contributed by atoms with Crippen LogP contribution in [0.15, 0.2) is 42.5 Å². The number of hydrogen-bond acceptors (Lipinski definition) is 5. The smallest absolute Gasteiger partial charge is 0.264 e. The highest BCUT2D eigenvalue weighted by Crippen LogP contribution is 2.54. The van der Waals surface area contributed by atoms with Crippen molar-refractivity contribution in [3.05, 3.63) is 53.6 Å². The van der Waals surface area contributed by atoms with E-state index in [0.717, 1.165) is 60.4 Å². The fourth-order valence-electron chi connectivity index (χ4n) is 6.83. The Morgan fingerprint density at radius 2 is 1.54 bits per heavy atom. The maximum Gasteiger partial charge on any atom is 0.264 e. The van der Waals surface area contributed by atoms with Gasteiger partial charge in [0.25, 0.3) is 5.91 Å². The number of aliphatic hydroxyl groups is 1. The highest BCUT2D eigenvalue weighted by atomic mass is 16.5. The number of carbonyl (C=O) groups is 3. The maximum absolute atomic E-state index is 14.3. The first-order valence-corrected chi connectivity index (χ1v) is 14.4. The van der Waals surface area contributed by atoms with Gasteiger partial charge < -0.3 is 24.5 Å². The molecule has 8 nitrogen and oxygen atoms in total. The lowest BCUT2D eigenvalue weighted by Gasteiger charge is -2.30. The average Bonchev–Trinajstić information content (AvgIpc) is 3.39. The van der Waals surface area contributed by atoms with Gasteiger partial charge in [-0.05, 0) is 74.4 Å². The third-order valence-corrected chi connectivity index (χ3v) is 8.90. The molecule has 3 atom stereocenters. The second kappa shape index (κ2) is 10.4. The quantitative estimate of drug-likeness (QED) is 0.601. The third-order valence-electron chi connectivity index (χ3n) is 8.90. The number of aliphatic hydroxyl groups excluding tert-OH is 1. The highest BCUT2D eigenvalue weighted by Gasteiger charge is 2.60. The lowest BCUT2D eigenvalue weighted by molar-refractivity contribution is -0.146. The van der Waals surface area contributed by atoms with Crippen molar-refractivity contribution >= 4 is 34.8 Å². The van der Waals surface area contributed by atoms with Gasteiger partial charge >= 0.3 is 0 Å². The molecule has 0 aliphatic carbocycles. The minimum atomic E-state index is -1.13. The predicted molar refractivity (Wildman–Crippen MR) is 149 cm³/mol. The molecule has 1 N–H and O–H groups in total. The van der Waals surface area contributed by atoms with E-state index in [-0.39, 0.29) is 36.4 Å². The van der Waals surface area contributed by atoms with Crippen molar-refractivity contribution in [2.75, 3.05) is 34.4 Å². The number of carbonyl (C=O) groups excluding carboxylic acids is 3. The summed E-state index contributed by atoms with van der Waals surface area (Å²) in [5.74, 6) is 0.0996. The largest absolute Gasteiger partial charge is 0.396 e. The van der Waals surface area contributed by atoms with E-state index in [1.807, 2.05) is 59.2 Å². The first kappa shape index (κ1) is 26.0. The lowest BCUT2D eigenvalue weighted by Crippen LogP contribution is -2.43. The standard InChI is InChI=1S/C31H37N3O5/c1-21-18-25(14-17-35)39-31(21)26-19-24(33-16-5-3-7-29(33)37)12-13-27(26)34(30(31)38)20-22-8-10-23(11-9-22)32-15-4-2-6-28(32)36/h8-13,19,21,25,35H,2-7,14-18,20H2,1H3/t21-,25+,31+/m1/s1. The Morgan fingerprint density at radius 3 is 2.18 bits per heavy atom. The normalized spacial score (nSPS) is 27.1. The Balaban J connectivity index is 1.33. The number of ether oxygens (including phenoxy) is 1. The Kier molecular flexibility index (Phi) is 6.93. The molecule has 0 saturated carbocycles. The van der Waals surface area contributed by atoms with Gasteiger partial charge in [0.1, 0.15) is 0 Å². The molecule has 0 radical (unpaired) electrons. The molecule has 6 rings (SSSR count). The van der Waals surface area contributed by atoms with Crippen molar-refractivity contribution in [3.63, 3.8) is 0 Å². The van der Waals surface area contributed by atoms with Crippen molar-refractivity contribution in [1.29, 1.82) is 0 Å². The number of benzene rings is 2. The number of rotatable bonds is 6. The molecular weight excluding hydrogens is 494 g/mol. The SMILES string of the molecule is C[C@@H]1C[C@H](CCO)O[C@@]12C(=O)N(Cc1ccc(N3CCCCC3=O)cc1)c1ccc(N3CCCCC3=O)cc12. The number of fused-ring (bicyclic) bond motifs is 2. The Bertz CT molecular complexity index is 1280. The lowest BCUT2D eigenvalue weighted by atomic mass is 9.82. The summed E-state index contributed by atoms with van der Waals surface area (Å²) in [6, 6.07) is 13.8. The number of amides is 3.